The van der Waals surface area contributed by atoms with Crippen molar-refractivity contribution in [3.8, 4) is 0 Å². The standard InChI is InChI=1S/C13H15F3N2/c1-10-8-11-4-2-3-5-12(11)18(10)7-6-17-9-13(14,15)16/h2-5,8,17H,6-7,9H2,1H3. The first kappa shape index (κ1) is 13.0. The van der Waals surface area contributed by atoms with E-state index >= 15 is 0 Å². The largest absolute Gasteiger partial charge is 0.401 e. The number of fused-ring (bicyclic) bond motifs is 1. The molecule has 0 bridgehead atoms. The van der Waals surface area contributed by atoms with Crippen LogP contribution in [0.4, 0.5) is 13.2 Å². The van der Waals surface area contributed by atoms with E-state index in [2.05, 4.69) is 5.32 Å². The van der Waals surface area contributed by atoms with Gasteiger partial charge in [0.2, 0.25) is 0 Å². The van der Waals surface area contributed by atoms with Crippen molar-refractivity contribution in [2.24, 2.45) is 0 Å². The van der Waals surface area contributed by atoms with Crippen LogP contribution < -0.4 is 5.32 Å². The van der Waals surface area contributed by atoms with Crippen LogP contribution in [0.25, 0.3) is 10.9 Å². The molecule has 18 heavy (non-hydrogen) atoms. The average molecular weight is 256 g/mol. The Kier molecular flexibility index (Phi) is 3.61. The van der Waals surface area contributed by atoms with Crippen LogP contribution in [-0.4, -0.2) is 23.8 Å². The summed E-state index contributed by atoms with van der Waals surface area (Å²) >= 11 is 0. The molecule has 0 saturated heterocycles. The number of rotatable bonds is 4. The van der Waals surface area contributed by atoms with Gasteiger partial charge in [0.05, 0.1) is 6.54 Å². The second-order valence-corrected chi connectivity index (χ2v) is 4.29. The quantitative estimate of drug-likeness (QED) is 0.832. The lowest BCUT2D eigenvalue weighted by Crippen LogP contribution is -2.31. The molecule has 0 spiro atoms. The van der Waals surface area contributed by atoms with E-state index in [1.807, 2.05) is 41.8 Å². The minimum Gasteiger partial charge on any atom is -0.344 e. The molecule has 5 heteroatoms. The van der Waals surface area contributed by atoms with Crippen molar-refractivity contribution in [2.45, 2.75) is 19.6 Å². The van der Waals surface area contributed by atoms with Gasteiger partial charge in [-0.05, 0) is 24.4 Å². The number of nitrogens with zero attached hydrogens (tertiary/aromatic N) is 1. The van der Waals surface area contributed by atoms with Crippen molar-refractivity contribution >= 4 is 10.9 Å². The maximum Gasteiger partial charge on any atom is 0.401 e. The summed E-state index contributed by atoms with van der Waals surface area (Å²) < 4.78 is 38.0. The summed E-state index contributed by atoms with van der Waals surface area (Å²) in [6.07, 6.45) is -4.15. The predicted molar refractivity (Wildman–Crippen MR) is 65.6 cm³/mol. The number of aryl methyl sites for hydroxylation is 1. The molecule has 0 atom stereocenters. The fourth-order valence-electron chi connectivity index (χ4n) is 2.07. The maximum atomic E-state index is 12.0. The molecule has 2 rings (SSSR count). The predicted octanol–water partition coefficient (Wildman–Crippen LogP) is 3.10. The third-order valence-electron chi connectivity index (χ3n) is 2.86. The minimum atomic E-state index is -4.15. The van der Waals surface area contributed by atoms with Crippen LogP contribution in [0.3, 0.4) is 0 Å². The highest BCUT2D eigenvalue weighted by atomic mass is 19.4. The van der Waals surface area contributed by atoms with Crippen LogP contribution in [0.5, 0.6) is 0 Å². The fraction of sp³-hybridized carbons (Fsp3) is 0.385. The summed E-state index contributed by atoms with van der Waals surface area (Å²) in [5.74, 6) is 0. The number of nitrogens with one attached hydrogen (secondary N) is 1. The van der Waals surface area contributed by atoms with Crippen molar-refractivity contribution < 1.29 is 13.2 Å². The number of hydrogen-bond acceptors (Lipinski definition) is 1. The summed E-state index contributed by atoms with van der Waals surface area (Å²) in [6.45, 7) is 1.86. The van der Waals surface area contributed by atoms with Crippen LogP contribution in [0.15, 0.2) is 30.3 Å². The topological polar surface area (TPSA) is 17.0 Å². The molecule has 0 radical (unpaired) electrons. The zero-order chi connectivity index (χ0) is 13.2. The molecule has 0 aliphatic carbocycles. The maximum absolute atomic E-state index is 12.0. The van der Waals surface area contributed by atoms with Crippen molar-refractivity contribution in [1.29, 1.82) is 0 Å². The van der Waals surface area contributed by atoms with Crippen molar-refractivity contribution in [2.75, 3.05) is 13.1 Å². The Bertz CT molecular complexity index is 529. The molecule has 0 aliphatic heterocycles. The molecule has 2 nitrogen and oxygen atoms in total. The lowest BCUT2D eigenvalue weighted by molar-refractivity contribution is -0.124. The summed E-state index contributed by atoms with van der Waals surface area (Å²) in [6, 6.07) is 9.91. The molecule has 0 fully saturated rings. The SMILES string of the molecule is Cc1cc2ccccc2n1CCNCC(F)(F)F. The highest BCUT2D eigenvalue weighted by Gasteiger charge is 2.25. The Morgan fingerprint density at radius 3 is 2.67 bits per heavy atom. The first-order chi connectivity index (χ1) is 8.47. The molecule has 0 saturated carbocycles. The van der Waals surface area contributed by atoms with Gasteiger partial charge in [-0.2, -0.15) is 13.2 Å². The van der Waals surface area contributed by atoms with Gasteiger partial charge in [0.1, 0.15) is 0 Å². The second-order valence-electron chi connectivity index (χ2n) is 4.29. The Labute approximate surface area is 103 Å². The molecule has 2 aromatic rings. The molecule has 1 heterocycles. The van der Waals surface area contributed by atoms with Crippen LogP contribution in [0, 0.1) is 6.92 Å². The molecule has 0 unspecified atom stereocenters. The van der Waals surface area contributed by atoms with Gasteiger partial charge in [-0.15, -0.1) is 0 Å². The minimum absolute atomic E-state index is 0.305. The Morgan fingerprint density at radius 2 is 1.94 bits per heavy atom. The number of alkyl halides is 3. The molecule has 1 aromatic heterocycles. The number of halogens is 3. The average Bonchev–Trinajstić information content (AvgIpc) is 2.59. The van der Waals surface area contributed by atoms with E-state index in [0.29, 0.717) is 13.1 Å². The first-order valence-corrected chi connectivity index (χ1v) is 5.80. The van der Waals surface area contributed by atoms with E-state index in [1.54, 1.807) is 0 Å². The van der Waals surface area contributed by atoms with Gasteiger partial charge in [-0.1, -0.05) is 18.2 Å². The number of hydrogen-bond donors (Lipinski definition) is 1. The van der Waals surface area contributed by atoms with E-state index in [0.717, 1.165) is 16.6 Å². The van der Waals surface area contributed by atoms with Gasteiger partial charge < -0.3 is 9.88 Å². The number of para-hydroxylation sites is 1. The van der Waals surface area contributed by atoms with E-state index in [-0.39, 0.29) is 0 Å². The van der Waals surface area contributed by atoms with Gasteiger partial charge in [0.15, 0.2) is 0 Å². The van der Waals surface area contributed by atoms with Gasteiger partial charge in [-0.3, -0.25) is 0 Å². The lowest BCUT2D eigenvalue weighted by atomic mass is 10.2. The lowest BCUT2D eigenvalue weighted by Gasteiger charge is -2.11. The highest BCUT2D eigenvalue weighted by Crippen LogP contribution is 2.18. The molecule has 0 amide bonds. The zero-order valence-electron chi connectivity index (χ0n) is 10.1. The second kappa shape index (κ2) is 5.02. The van der Waals surface area contributed by atoms with E-state index < -0.39 is 12.7 Å². The zero-order valence-corrected chi connectivity index (χ0v) is 10.1. The van der Waals surface area contributed by atoms with E-state index in [9.17, 15) is 13.2 Å². The smallest absolute Gasteiger partial charge is 0.344 e. The third kappa shape index (κ3) is 3.04. The van der Waals surface area contributed by atoms with Gasteiger partial charge in [0, 0.05) is 24.3 Å². The summed E-state index contributed by atoms with van der Waals surface area (Å²) in [4.78, 5) is 0. The normalized spacial score (nSPS) is 12.2. The molecule has 0 aliphatic rings. The van der Waals surface area contributed by atoms with Gasteiger partial charge in [0.25, 0.3) is 0 Å². The molecule has 1 aromatic carbocycles. The molecular formula is C13H15F3N2. The van der Waals surface area contributed by atoms with Gasteiger partial charge >= 0.3 is 6.18 Å². The molecule has 1 N–H and O–H groups in total. The van der Waals surface area contributed by atoms with E-state index in [4.69, 9.17) is 0 Å². The Hall–Kier alpha value is -1.49. The van der Waals surface area contributed by atoms with E-state index in [1.165, 1.54) is 0 Å². The fourth-order valence-corrected chi connectivity index (χ4v) is 2.07. The third-order valence-corrected chi connectivity index (χ3v) is 2.86. The summed E-state index contributed by atoms with van der Waals surface area (Å²) in [5.41, 5.74) is 2.12. The van der Waals surface area contributed by atoms with Crippen molar-refractivity contribution in [3.05, 3.63) is 36.0 Å². The van der Waals surface area contributed by atoms with Crippen LogP contribution in [0.2, 0.25) is 0 Å². The highest BCUT2D eigenvalue weighted by molar-refractivity contribution is 5.81. The van der Waals surface area contributed by atoms with Crippen LogP contribution in [0.1, 0.15) is 5.69 Å². The van der Waals surface area contributed by atoms with Crippen molar-refractivity contribution in [3.63, 3.8) is 0 Å². The number of aromatic nitrogens is 1. The monoisotopic (exact) mass is 256 g/mol. The first-order valence-electron chi connectivity index (χ1n) is 5.80. The van der Waals surface area contributed by atoms with Gasteiger partial charge in [-0.25, -0.2) is 0 Å². The van der Waals surface area contributed by atoms with Crippen LogP contribution in [-0.2, 0) is 6.54 Å². The van der Waals surface area contributed by atoms with Crippen molar-refractivity contribution in [1.82, 2.24) is 9.88 Å². The number of benzene rings is 1. The molecule has 98 valence electrons. The molecular weight excluding hydrogens is 241 g/mol. The summed E-state index contributed by atoms with van der Waals surface area (Å²) in [5, 5.41) is 3.53. The summed E-state index contributed by atoms with van der Waals surface area (Å²) in [7, 11) is 0. The Morgan fingerprint density at radius 1 is 1.22 bits per heavy atom. The van der Waals surface area contributed by atoms with Crippen LogP contribution >= 0.6 is 0 Å². The Balaban J connectivity index is 2.01.